The van der Waals surface area contributed by atoms with Crippen molar-refractivity contribution in [2.45, 2.75) is 44.4 Å². The number of allylic oxidation sites excluding steroid dienone is 1. The van der Waals surface area contributed by atoms with Crippen LogP contribution in [0, 0.1) is 0 Å². The summed E-state index contributed by atoms with van der Waals surface area (Å²) in [5, 5.41) is -0.184. The zero-order valence-electron chi connectivity index (χ0n) is 19.5. The molecule has 2 saturated heterocycles. The maximum absolute atomic E-state index is 13.5. The first-order chi connectivity index (χ1) is 16.0. The van der Waals surface area contributed by atoms with E-state index in [-0.39, 0.29) is 11.3 Å². The summed E-state index contributed by atoms with van der Waals surface area (Å²) in [7, 11) is -0.664. The molecule has 0 N–H and O–H groups in total. The van der Waals surface area contributed by atoms with Gasteiger partial charge in [0, 0.05) is 49.0 Å². The second-order valence-electron chi connectivity index (χ2n) is 8.71. The molecule has 5 rings (SSSR count). The molecule has 2 aromatic rings. The quantitative estimate of drug-likeness (QED) is 0.660. The van der Waals surface area contributed by atoms with Crippen molar-refractivity contribution in [3.05, 3.63) is 35.2 Å². The van der Waals surface area contributed by atoms with Gasteiger partial charge in [0.2, 0.25) is 5.88 Å². The molecule has 3 atom stereocenters. The molecule has 2 aromatic heterocycles. The van der Waals surface area contributed by atoms with E-state index in [0.29, 0.717) is 37.3 Å². The van der Waals surface area contributed by atoms with Crippen molar-refractivity contribution in [1.82, 2.24) is 15.0 Å². The van der Waals surface area contributed by atoms with Crippen LogP contribution in [-0.2, 0) is 20.9 Å². The van der Waals surface area contributed by atoms with Crippen LogP contribution in [0.1, 0.15) is 48.9 Å². The van der Waals surface area contributed by atoms with Crippen molar-refractivity contribution in [2.75, 3.05) is 44.1 Å². The monoisotopic (exact) mass is 469 g/mol. The average Bonchev–Trinajstić information content (AvgIpc) is 3.45. The van der Waals surface area contributed by atoms with E-state index in [2.05, 4.69) is 33.3 Å². The van der Waals surface area contributed by atoms with Gasteiger partial charge in [0.25, 0.3) is 0 Å². The Balaban J connectivity index is 1.69. The summed E-state index contributed by atoms with van der Waals surface area (Å²) in [5.41, 5.74) is 3.72. The van der Waals surface area contributed by atoms with E-state index in [4.69, 9.17) is 19.4 Å². The predicted octanol–water partition coefficient (Wildman–Crippen LogP) is 3.66. The van der Waals surface area contributed by atoms with Gasteiger partial charge in [0.05, 0.1) is 52.2 Å². The topological polar surface area (TPSA) is 89.8 Å². The Bertz CT molecular complexity index is 1200. The van der Waals surface area contributed by atoms with Crippen LogP contribution in [0.2, 0.25) is 0 Å². The van der Waals surface area contributed by atoms with E-state index in [1.165, 1.54) is 0 Å². The molecule has 0 bridgehead atoms. The molecule has 8 nitrogen and oxygen atoms in total. The molecule has 2 fully saturated rings. The van der Waals surface area contributed by atoms with Crippen molar-refractivity contribution in [1.29, 1.82) is 0 Å². The fraction of sp³-hybridized carbons (Fsp3) is 0.542. The molecule has 3 aliphatic rings. The van der Waals surface area contributed by atoms with Crippen LogP contribution in [0.25, 0.3) is 17.5 Å². The Labute approximate surface area is 195 Å². The first kappa shape index (κ1) is 22.3. The molecule has 0 spiro atoms. The third-order valence-electron chi connectivity index (χ3n) is 6.62. The number of morpholine rings is 1. The third kappa shape index (κ3) is 4.12. The van der Waals surface area contributed by atoms with Gasteiger partial charge in [-0.15, -0.1) is 0 Å². The Morgan fingerprint density at radius 2 is 2.18 bits per heavy atom. The van der Waals surface area contributed by atoms with Crippen LogP contribution in [0.5, 0.6) is 5.88 Å². The molecule has 1 aliphatic carbocycles. The lowest BCUT2D eigenvalue weighted by Gasteiger charge is -2.34. The van der Waals surface area contributed by atoms with Gasteiger partial charge < -0.3 is 14.4 Å². The first-order valence-corrected chi connectivity index (χ1v) is 13.5. The van der Waals surface area contributed by atoms with Crippen LogP contribution in [0.3, 0.4) is 0 Å². The standard InChI is InChI=1S/C24H31N5O3S/c1-4-32-23-13-18(17-7-5-8-19(17)26-23)24-27-20(21-9-6-12-33(21,30)25-3)14-22(28-24)29-10-11-31-15-16(29)2/h5,7,13-14,16,21H,4,6,8-12,15H2,1-3H3/t16-,21?,33?/m1/s1. The molecule has 9 heteroatoms. The van der Waals surface area contributed by atoms with Crippen LogP contribution >= 0.6 is 0 Å². The minimum atomic E-state index is -2.33. The number of anilines is 1. The van der Waals surface area contributed by atoms with Gasteiger partial charge in [-0.1, -0.05) is 12.2 Å². The molecule has 0 amide bonds. The number of ether oxygens (including phenoxy) is 2. The highest BCUT2D eigenvalue weighted by molar-refractivity contribution is 7.94. The second kappa shape index (κ2) is 9.02. The van der Waals surface area contributed by atoms with Gasteiger partial charge in [0.1, 0.15) is 5.82 Å². The fourth-order valence-electron chi connectivity index (χ4n) is 4.93. The molecule has 0 saturated carbocycles. The summed E-state index contributed by atoms with van der Waals surface area (Å²) in [6.07, 6.45) is 6.67. The van der Waals surface area contributed by atoms with Crippen molar-refractivity contribution >= 4 is 21.6 Å². The van der Waals surface area contributed by atoms with Gasteiger partial charge in [-0.05, 0) is 26.7 Å². The van der Waals surface area contributed by atoms with Gasteiger partial charge in [-0.2, -0.15) is 0 Å². The van der Waals surface area contributed by atoms with Gasteiger partial charge in [-0.25, -0.2) is 23.5 Å². The van der Waals surface area contributed by atoms with E-state index < -0.39 is 9.73 Å². The number of hydrogen-bond donors (Lipinski definition) is 0. The summed E-state index contributed by atoms with van der Waals surface area (Å²) >= 11 is 0. The van der Waals surface area contributed by atoms with Crippen LogP contribution in [0.15, 0.2) is 22.6 Å². The SMILES string of the molecule is CCOc1cc(-c2nc(C3CCCS3(=O)=NC)cc(N3CCOC[C@H]3C)n2)c2c(n1)CC=C2. The van der Waals surface area contributed by atoms with Crippen LogP contribution < -0.4 is 9.64 Å². The van der Waals surface area contributed by atoms with E-state index >= 15 is 0 Å². The van der Waals surface area contributed by atoms with Crippen LogP contribution in [-0.4, -0.2) is 64.4 Å². The largest absolute Gasteiger partial charge is 0.478 e. The molecular weight excluding hydrogens is 438 g/mol. The molecule has 2 aliphatic heterocycles. The van der Waals surface area contributed by atoms with E-state index in [9.17, 15) is 4.21 Å². The van der Waals surface area contributed by atoms with Crippen molar-refractivity contribution < 1.29 is 13.7 Å². The first-order valence-electron chi connectivity index (χ1n) is 11.7. The number of hydrogen-bond acceptors (Lipinski definition) is 8. The predicted molar refractivity (Wildman–Crippen MR) is 130 cm³/mol. The lowest BCUT2D eigenvalue weighted by molar-refractivity contribution is 0.0985. The number of pyridine rings is 1. The highest BCUT2D eigenvalue weighted by Gasteiger charge is 2.33. The third-order valence-corrected chi connectivity index (χ3v) is 9.48. The highest BCUT2D eigenvalue weighted by Crippen LogP contribution is 2.39. The number of nitrogens with zero attached hydrogens (tertiary/aromatic N) is 5. The normalized spacial score (nSPS) is 26.5. The summed E-state index contributed by atoms with van der Waals surface area (Å²) in [6, 6.07) is 4.15. The Morgan fingerprint density at radius 1 is 1.30 bits per heavy atom. The maximum atomic E-state index is 13.5. The van der Waals surface area contributed by atoms with Gasteiger partial charge >= 0.3 is 0 Å². The molecule has 0 radical (unpaired) electrons. The smallest absolute Gasteiger partial charge is 0.214 e. The summed E-state index contributed by atoms with van der Waals surface area (Å²) < 4.78 is 29.2. The van der Waals surface area contributed by atoms with Gasteiger partial charge in [0.15, 0.2) is 5.82 Å². The zero-order valence-corrected chi connectivity index (χ0v) is 20.3. The summed E-state index contributed by atoms with van der Waals surface area (Å²) in [6.45, 7) is 6.70. The summed E-state index contributed by atoms with van der Waals surface area (Å²) in [4.78, 5) is 16.9. The minimum absolute atomic E-state index is 0.184. The maximum Gasteiger partial charge on any atom is 0.214 e. The van der Waals surface area contributed by atoms with Crippen molar-refractivity contribution in [3.8, 4) is 17.3 Å². The fourth-order valence-corrected chi connectivity index (χ4v) is 7.26. The zero-order chi connectivity index (χ0) is 23.0. The van der Waals surface area contributed by atoms with Gasteiger partial charge in [-0.3, -0.25) is 0 Å². The van der Waals surface area contributed by atoms with Crippen molar-refractivity contribution in [2.24, 2.45) is 4.36 Å². The van der Waals surface area contributed by atoms with Crippen molar-refractivity contribution in [3.63, 3.8) is 0 Å². The van der Waals surface area contributed by atoms with E-state index in [1.54, 1.807) is 7.05 Å². The van der Waals surface area contributed by atoms with Crippen LogP contribution in [0.4, 0.5) is 5.82 Å². The molecular formula is C24H31N5O3S. The molecule has 176 valence electrons. The lowest BCUT2D eigenvalue weighted by atomic mass is 10.1. The average molecular weight is 470 g/mol. The molecule has 0 aromatic carbocycles. The summed E-state index contributed by atoms with van der Waals surface area (Å²) in [5.74, 6) is 2.68. The highest BCUT2D eigenvalue weighted by atomic mass is 32.2. The minimum Gasteiger partial charge on any atom is -0.478 e. The lowest BCUT2D eigenvalue weighted by Crippen LogP contribution is -2.44. The second-order valence-corrected chi connectivity index (χ2v) is 11.4. The Morgan fingerprint density at radius 3 is 2.97 bits per heavy atom. The van der Waals surface area contributed by atoms with E-state index in [0.717, 1.165) is 54.1 Å². The molecule has 4 heterocycles. The Kier molecular flexibility index (Phi) is 6.09. The molecule has 2 unspecified atom stereocenters. The Hall–Kier alpha value is -2.52. The molecule has 33 heavy (non-hydrogen) atoms. The number of rotatable bonds is 5. The van der Waals surface area contributed by atoms with E-state index in [1.807, 2.05) is 19.1 Å². The number of aromatic nitrogens is 3. The number of fused-ring (bicyclic) bond motifs is 1.